The monoisotopic (exact) mass is 230 g/mol. The van der Waals surface area contributed by atoms with Crippen LogP contribution in [0, 0.1) is 11.8 Å². The average Bonchev–Trinajstić information content (AvgIpc) is 2.65. The van der Waals surface area contributed by atoms with Crippen LogP contribution in [0.25, 0.3) is 0 Å². The molecule has 0 bridgehead atoms. The summed E-state index contributed by atoms with van der Waals surface area (Å²) in [6, 6.07) is 0. The van der Waals surface area contributed by atoms with Gasteiger partial charge in [-0.1, -0.05) is 0 Å². The quantitative estimate of drug-likeness (QED) is 0.546. The number of nitrogens with two attached hydrogens (primary N) is 1. The van der Waals surface area contributed by atoms with E-state index >= 15 is 0 Å². The highest BCUT2D eigenvalue weighted by Gasteiger charge is 2.40. The van der Waals surface area contributed by atoms with E-state index in [1.54, 1.807) is 13.8 Å². The number of ether oxygens (including phenoxy) is 1. The molecular formula is C10H18N2O4. The van der Waals surface area contributed by atoms with Gasteiger partial charge in [0.05, 0.1) is 11.8 Å². The topological polar surface area (TPSA) is 102 Å². The molecule has 92 valence electrons. The third-order valence-electron chi connectivity index (χ3n) is 2.70. The number of esters is 1. The summed E-state index contributed by atoms with van der Waals surface area (Å²) in [5.74, 6) is -2.80. The summed E-state index contributed by atoms with van der Waals surface area (Å²) in [7, 11) is 0. The predicted octanol–water partition coefficient (Wildman–Crippen LogP) is -0.813. The van der Waals surface area contributed by atoms with Crippen molar-refractivity contribution in [3.8, 4) is 0 Å². The fourth-order valence-electron chi connectivity index (χ4n) is 1.58. The zero-order valence-corrected chi connectivity index (χ0v) is 9.53. The van der Waals surface area contributed by atoms with E-state index in [4.69, 9.17) is 15.6 Å². The minimum absolute atomic E-state index is 0.205. The van der Waals surface area contributed by atoms with Gasteiger partial charge < -0.3 is 20.9 Å². The molecule has 1 saturated heterocycles. The van der Waals surface area contributed by atoms with Crippen LogP contribution in [0.4, 0.5) is 0 Å². The number of nitrogens with one attached hydrogen (secondary N) is 1. The van der Waals surface area contributed by atoms with Crippen LogP contribution in [0.2, 0.25) is 0 Å². The first-order valence-electron chi connectivity index (χ1n) is 5.24. The molecule has 0 spiro atoms. The number of aliphatic carboxylic acids is 1. The Balaban J connectivity index is 2.63. The van der Waals surface area contributed by atoms with Gasteiger partial charge in [-0.25, -0.2) is 0 Å². The van der Waals surface area contributed by atoms with Crippen molar-refractivity contribution in [2.75, 3.05) is 19.6 Å². The lowest BCUT2D eigenvalue weighted by molar-refractivity contribution is -0.165. The van der Waals surface area contributed by atoms with E-state index in [-0.39, 0.29) is 6.54 Å². The Morgan fingerprint density at radius 1 is 1.44 bits per heavy atom. The smallest absolute Gasteiger partial charge is 0.311 e. The molecule has 0 aliphatic carbocycles. The fourth-order valence-corrected chi connectivity index (χ4v) is 1.58. The van der Waals surface area contributed by atoms with Gasteiger partial charge in [0.15, 0.2) is 0 Å². The van der Waals surface area contributed by atoms with Crippen molar-refractivity contribution in [2.24, 2.45) is 17.6 Å². The molecule has 0 aromatic rings. The van der Waals surface area contributed by atoms with Crippen molar-refractivity contribution in [1.82, 2.24) is 5.32 Å². The molecule has 1 fully saturated rings. The largest absolute Gasteiger partial charge is 0.481 e. The summed E-state index contributed by atoms with van der Waals surface area (Å²) in [6.07, 6.45) is 0. The van der Waals surface area contributed by atoms with Crippen LogP contribution in [0.3, 0.4) is 0 Å². The second-order valence-electron chi connectivity index (χ2n) is 4.59. The molecule has 1 heterocycles. The molecule has 6 heteroatoms. The maximum absolute atomic E-state index is 11.8. The Kier molecular flexibility index (Phi) is 3.88. The average molecular weight is 230 g/mol. The molecule has 4 N–H and O–H groups in total. The first kappa shape index (κ1) is 12.9. The van der Waals surface area contributed by atoms with Crippen LogP contribution in [0.15, 0.2) is 0 Å². The summed E-state index contributed by atoms with van der Waals surface area (Å²) in [5, 5.41) is 11.8. The number of carboxylic acids is 1. The Morgan fingerprint density at radius 2 is 2.00 bits per heavy atom. The number of carboxylic acid groups (broad SMARTS) is 1. The first-order chi connectivity index (χ1) is 7.37. The van der Waals surface area contributed by atoms with Crippen LogP contribution in [0.5, 0.6) is 0 Å². The molecule has 0 saturated carbocycles. The Hall–Kier alpha value is -1.14. The van der Waals surface area contributed by atoms with Gasteiger partial charge in [0.1, 0.15) is 5.60 Å². The molecule has 1 aliphatic rings. The van der Waals surface area contributed by atoms with E-state index in [1.807, 2.05) is 0 Å². The van der Waals surface area contributed by atoms with Gasteiger partial charge in [0, 0.05) is 19.6 Å². The maximum Gasteiger partial charge on any atom is 0.311 e. The van der Waals surface area contributed by atoms with E-state index in [1.165, 1.54) is 0 Å². The SMILES string of the molecule is CC(C)(CN)OC(=O)[C@H]1CNC[C@@H]1C(=O)O. The standard InChI is InChI=1S/C10H18N2O4/c1-10(2,5-11)16-9(15)7-4-12-3-6(7)8(13)14/h6-7,12H,3-5,11H2,1-2H3,(H,13,14)/t6-,7-/m0/s1. The molecule has 0 aromatic carbocycles. The van der Waals surface area contributed by atoms with Gasteiger partial charge in [-0.15, -0.1) is 0 Å². The van der Waals surface area contributed by atoms with E-state index in [9.17, 15) is 9.59 Å². The van der Waals surface area contributed by atoms with Gasteiger partial charge >= 0.3 is 11.9 Å². The summed E-state index contributed by atoms with van der Waals surface area (Å²) in [5.41, 5.74) is 4.69. The van der Waals surface area contributed by atoms with Crippen molar-refractivity contribution in [3.63, 3.8) is 0 Å². The highest BCUT2D eigenvalue weighted by atomic mass is 16.6. The number of hydrogen-bond donors (Lipinski definition) is 3. The molecule has 1 rings (SSSR count). The second-order valence-corrected chi connectivity index (χ2v) is 4.59. The highest BCUT2D eigenvalue weighted by Crippen LogP contribution is 2.21. The number of hydrogen-bond acceptors (Lipinski definition) is 5. The third-order valence-corrected chi connectivity index (χ3v) is 2.70. The molecule has 6 nitrogen and oxygen atoms in total. The van der Waals surface area contributed by atoms with Crippen molar-refractivity contribution >= 4 is 11.9 Å². The zero-order chi connectivity index (χ0) is 12.3. The predicted molar refractivity (Wildman–Crippen MR) is 56.7 cm³/mol. The van der Waals surface area contributed by atoms with Crippen molar-refractivity contribution in [1.29, 1.82) is 0 Å². The second kappa shape index (κ2) is 4.80. The van der Waals surface area contributed by atoms with Crippen LogP contribution in [-0.2, 0) is 14.3 Å². The lowest BCUT2D eigenvalue weighted by Crippen LogP contribution is -2.40. The van der Waals surface area contributed by atoms with Crippen LogP contribution >= 0.6 is 0 Å². The Labute approximate surface area is 94.1 Å². The lowest BCUT2D eigenvalue weighted by Gasteiger charge is -2.25. The molecule has 16 heavy (non-hydrogen) atoms. The van der Waals surface area contributed by atoms with E-state index < -0.39 is 29.4 Å². The Morgan fingerprint density at radius 3 is 2.50 bits per heavy atom. The number of carbonyl (C=O) groups excluding carboxylic acids is 1. The normalized spacial score (nSPS) is 25.4. The molecule has 0 aromatic heterocycles. The van der Waals surface area contributed by atoms with Gasteiger partial charge in [-0.3, -0.25) is 9.59 Å². The molecule has 1 aliphatic heterocycles. The molecule has 0 radical (unpaired) electrons. The van der Waals surface area contributed by atoms with Crippen molar-refractivity contribution in [3.05, 3.63) is 0 Å². The zero-order valence-electron chi connectivity index (χ0n) is 9.53. The third kappa shape index (κ3) is 2.93. The van der Waals surface area contributed by atoms with E-state index in [2.05, 4.69) is 5.32 Å². The molecule has 0 unspecified atom stereocenters. The lowest BCUT2D eigenvalue weighted by atomic mass is 9.96. The van der Waals surface area contributed by atoms with Crippen LogP contribution in [0.1, 0.15) is 13.8 Å². The Bertz CT molecular complexity index is 291. The minimum Gasteiger partial charge on any atom is -0.481 e. The van der Waals surface area contributed by atoms with Crippen molar-refractivity contribution < 1.29 is 19.4 Å². The minimum atomic E-state index is -0.975. The van der Waals surface area contributed by atoms with Gasteiger partial charge in [-0.05, 0) is 13.8 Å². The van der Waals surface area contributed by atoms with Gasteiger partial charge in [-0.2, -0.15) is 0 Å². The van der Waals surface area contributed by atoms with E-state index in [0.717, 1.165) is 0 Å². The van der Waals surface area contributed by atoms with Gasteiger partial charge in [0.25, 0.3) is 0 Å². The summed E-state index contributed by atoms with van der Waals surface area (Å²) in [4.78, 5) is 22.6. The highest BCUT2D eigenvalue weighted by molar-refractivity contribution is 5.82. The summed E-state index contributed by atoms with van der Waals surface area (Å²) >= 11 is 0. The number of carbonyl (C=O) groups is 2. The van der Waals surface area contributed by atoms with Crippen LogP contribution in [-0.4, -0.2) is 42.3 Å². The van der Waals surface area contributed by atoms with E-state index in [0.29, 0.717) is 13.1 Å². The maximum atomic E-state index is 11.8. The molecule has 0 amide bonds. The fraction of sp³-hybridized carbons (Fsp3) is 0.800. The van der Waals surface area contributed by atoms with Crippen LogP contribution < -0.4 is 11.1 Å². The summed E-state index contributed by atoms with van der Waals surface area (Å²) < 4.78 is 5.18. The first-order valence-corrected chi connectivity index (χ1v) is 5.24. The number of rotatable bonds is 4. The van der Waals surface area contributed by atoms with Gasteiger partial charge in [0.2, 0.25) is 0 Å². The summed E-state index contributed by atoms with van der Waals surface area (Å²) in [6.45, 7) is 4.25. The molecule has 2 atom stereocenters. The van der Waals surface area contributed by atoms with Crippen molar-refractivity contribution in [2.45, 2.75) is 19.4 Å². The molecular weight excluding hydrogens is 212 g/mol.